The maximum atomic E-state index is 2.40. The van der Waals surface area contributed by atoms with Gasteiger partial charge in [0.05, 0.1) is 0 Å². The lowest BCUT2D eigenvalue weighted by Gasteiger charge is -2.37. The van der Waals surface area contributed by atoms with E-state index in [0.29, 0.717) is 0 Å². The summed E-state index contributed by atoms with van der Waals surface area (Å²) in [4.78, 5) is 0. The van der Waals surface area contributed by atoms with Gasteiger partial charge in [-0.15, -0.1) is 8.58 Å². The quantitative estimate of drug-likeness (QED) is 0.461. The van der Waals surface area contributed by atoms with Crippen LogP contribution in [0.3, 0.4) is 0 Å². The van der Waals surface area contributed by atoms with E-state index in [2.05, 4.69) is 13.8 Å². The van der Waals surface area contributed by atoms with Crippen molar-refractivity contribution in [2.45, 2.75) is 31.8 Å². The van der Waals surface area contributed by atoms with Gasteiger partial charge in [-0.05, 0) is 24.2 Å². The van der Waals surface area contributed by atoms with Crippen molar-refractivity contribution in [3.8, 4) is 0 Å². The molecule has 42 valence electrons. The van der Waals surface area contributed by atoms with Crippen LogP contribution >= 0.6 is 8.58 Å². The van der Waals surface area contributed by atoms with E-state index in [1.807, 2.05) is 0 Å². The summed E-state index contributed by atoms with van der Waals surface area (Å²) in [5.41, 5.74) is 0. The fourth-order valence-electron chi connectivity index (χ4n) is 0.854. The molecule has 0 amide bonds. The molecule has 0 nitrogen and oxygen atoms in total. The highest BCUT2D eigenvalue weighted by atomic mass is 31.1. The van der Waals surface area contributed by atoms with Gasteiger partial charge in [0.2, 0.25) is 0 Å². The predicted octanol–water partition coefficient (Wildman–Crippen LogP) is 2.24. The summed E-state index contributed by atoms with van der Waals surface area (Å²) in [5.74, 6) is 0. The SMILES string of the molecule is CCC1(C)CCP1. The third kappa shape index (κ3) is 0.966. The van der Waals surface area contributed by atoms with E-state index in [1.54, 1.807) is 0 Å². The van der Waals surface area contributed by atoms with Crippen molar-refractivity contribution in [1.29, 1.82) is 0 Å². The zero-order chi connectivity index (χ0) is 5.33. The maximum absolute atomic E-state index is 2.40. The van der Waals surface area contributed by atoms with Gasteiger partial charge in [0.25, 0.3) is 0 Å². The van der Waals surface area contributed by atoms with E-state index in [1.165, 1.54) is 27.6 Å². The van der Waals surface area contributed by atoms with Gasteiger partial charge in [0.1, 0.15) is 0 Å². The molecule has 0 radical (unpaired) electrons. The molecule has 1 heterocycles. The van der Waals surface area contributed by atoms with Crippen LogP contribution in [0.25, 0.3) is 0 Å². The minimum Gasteiger partial charge on any atom is -0.116 e. The van der Waals surface area contributed by atoms with E-state index < -0.39 is 0 Å². The first-order valence-corrected chi connectivity index (χ1v) is 4.22. The molecule has 1 fully saturated rings. The molecule has 1 saturated heterocycles. The largest absolute Gasteiger partial charge is 0.116 e. The molecule has 0 N–H and O–H groups in total. The van der Waals surface area contributed by atoms with Gasteiger partial charge in [-0.2, -0.15) is 0 Å². The van der Waals surface area contributed by atoms with Crippen molar-refractivity contribution in [3.63, 3.8) is 0 Å². The molecule has 0 saturated carbocycles. The third-order valence-electron chi connectivity index (χ3n) is 2.01. The Labute approximate surface area is 47.5 Å². The van der Waals surface area contributed by atoms with Crippen molar-refractivity contribution in [3.05, 3.63) is 0 Å². The number of hydrogen-bond donors (Lipinski definition) is 0. The Hall–Kier alpha value is 0.430. The van der Waals surface area contributed by atoms with Crippen LogP contribution in [0.2, 0.25) is 0 Å². The molecule has 7 heavy (non-hydrogen) atoms. The van der Waals surface area contributed by atoms with E-state index >= 15 is 0 Å². The second-order valence-corrected chi connectivity index (χ2v) is 4.65. The van der Waals surface area contributed by atoms with Crippen LogP contribution in [-0.4, -0.2) is 11.3 Å². The minimum atomic E-state index is 0.792. The van der Waals surface area contributed by atoms with Crippen molar-refractivity contribution >= 4 is 8.58 Å². The highest BCUT2D eigenvalue weighted by Crippen LogP contribution is 2.48. The average molecular weight is 116 g/mol. The Balaban J connectivity index is 2.29. The Morgan fingerprint density at radius 3 is 2.29 bits per heavy atom. The van der Waals surface area contributed by atoms with Crippen LogP contribution in [0.4, 0.5) is 0 Å². The van der Waals surface area contributed by atoms with Crippen molar-refractivity contribution in [1.82, 2.24) is 0 Å². The Bertz CT molecular complexity index is 59.1. The first-order valence-electron chi connectivity index (χ1n) is 3.02. The Morgan fingerprint density at radius 1 is 1.71 bits per heavy atom. The third-order valence-corrected chi connectivity index (χ3v) is 3.97. The topological polar surface area (TPSA) is 0 Å². The van der Waals surface area contributed by atoms with Crippen LogP contribution in [0.15, 0.2) is 0 Å². The molecular weight excluding hydrogens is 103 g/mol. The molecule has 0 aliphatic carbocycles. The zero-order valence-corrected chi connectivity index (χ0v) is 6.12. The Kier molecular flexibility index (Phi) is 1.39. The molecule has 1 rings (SSSR count). The summed E-state index contributed by atoms with van der Waals surface area (Å²) < 4.78 is 0. The minimum absolute atomic E-state index is 0.792. The second kappa shape index (κ2) is 1.74. The molecule has 2 atom stereocenters. The van der Waals surface area contributed by atoms with E-state index in [9.17, 15) is 0 Å². The first-order chi connectivity index (χ1) is 3.27. The molecule has 1 aliphatic rings. The van der Waals surface area contributed by atoms with Gasteiger partial charge in [0.15, 0.2) is 0 Å². The molecule has 0 aromatic rings. The first kappa shape index (κ1) is 5.56. The zero-order valence-electron chi connectivity index (χ0n) is 5.12. The van der Waals surface area contributed by atoms with Crippen LogP contribution < -0.4 is 0 Å². The lowest BCUT2D eigenvalue weighted by molar-refractivity contribution is 0.557. The average Bonchev–Trinajstić information content (AvgIpc) is 1.61. The summed E-state index contributed by atoms with van der Waals surface area (Å²) >= 11 is 0. The van der Waals surface area contributed by atoms with Gasteiger partial charge in [0, 0.05) is 0 Å². The molecular formula is C6H13P. The predicted molar refractivity (Wildman–Crippen MR) is 36.5 cm³/mol. The van der Waals surface area contributed by atoms with E-state index in [0.717, 1.165) is 5.16 Å². The van der Waals surface area contributed by atoms with Gasteiger partial charge >= 0.3 is 0 Å². The summed E-state index contributed by atoms with van der Waals surface area (Å²) in [7, 11) is 1.27. The molecule has 1 heteroatoms. The van der Waals surface area contributed by atoms with Gasteiger partial charge < -0.3 is 0 Å². The van der Waals surface area contributed by atoms with E-state index in [-0.39, 0.29) is 0 Å². The molecule has 0 spiro atoms. The van der Waals surface area contributed by atoms with Crippen LogP contribution in [-0.2, 0) is 0 Å². The summed E-state index contributed by atoms with van der Waals surface area (Å²) in [6.45, 7) is 4.70. The lowest BCUT2D eigenvalue weighted by atomic mass is 10.0. The van der Waals surface area contributed by atoms with Crippen molar-refractivity contribution < 1.29 is 0 Å². The highest BCUT2D eigenvalue weighted by Gasteiger charge is 2.28. The standard InChI is InChI=1S/C6H13P/c1-3-6(2)4-5-7-6/h7H,3-5H2,1-2H3. The monoisotopic (exact) mass is 116 g/mol. The van der Waals surface area contributed by atoms with Gasteiger partial charge in [-0.25, -0.2) is 0 Å². The molecule has 2 unspecified atom stereocenters. The fraction of sp³-hybridized carbons (Fsp3) is 1.00. The summed E-state index contributed by atoms with van der Waals surface area (Å²) in [6.07, 6.45) is 4.39. The number of hydrogen-bond acceptors (Lipinski definition) is 0. The normalized spacial score (nSPS) is 43.7. The number of rotatable bonds is 1. The van der Waals surface area contributed by atoms with Crippen LogP contribution in [0.5, 0.6) is 0 Å². The fourth-order valence-corrected chi connectivity index (χ4v) is 2.21. The van der Waals surface area contributed by atoms with Gasteiger partial charge in [-0.1, -0.05) is 13.8 Å². The van der Waals surface area contributed by atoms with E-state index in [4.69, 9.17) is 0 Å². The second-order valence-electron chi connectivity index (χ2n) is 2.59. The lowest BCUT2D eigenvalue weighted by Crippen LogP contribution is -2.26. The molecule has 0 aromatic carbocycles. The van der Waals surface area contributed by atoms with Crippen LogP contribution in [0, 0.1) is 0 Å². The maximum Gasteiger partial charge on any atom is -0.0150 e. The van der Waals surface area contributed by atoms with Crippen molar-refractivity contribution in [2.75, 3.05) is 6.16 Å². The molecule has 1 aliphatic heterocycles. The van der Waals surface area contributed by atoms with Crippen molar-refractivity contribution in [2.24, 2.45) is 0 Å². The molecule has 0 aromatic heterocycles. The smallest absolute Gasteiger partial charge is 0.0150 e. The summed E-state index contributed by atoms with van der Waals surface area (Å²) in [5, 5.41) is 0.792. The molecule has 0 bridgehead atoms. The highest BCUT2D eigenvalue weighted by molar-refractivity contribution is 7.41. The van der Waals surface area contributed by atoms with Gasteiger partial charge in [-0.3, -0.25) is 0 Å². The van der Waals surface area contributed by atoms with Crippen LogP contribution in [0.1, 0.15) is 26.7 Å². The Morgan fingerprint density at radius 2 is 2.29 bits per heavy atom. The summed E-state index contributed by atoms with van der Waals surface area (Å²) in [6, 6.07) is 0.